The number of imide groups is 1. The lowest BCUT2D eigenvalue weighted by molar-refractivity contribution is -0.137. The molecule has 28 heavy (non-hydrogen) atoms. The first-order chi connectivity index (χ1) is 13.3. The van der Waals surface area contributed by atoms with E-state index in [0.29, 0.717) is 24.9 Å². The Morgan fingerprint density at radius 2 is 1.79 bits per heavy atom. The van der Waals surface area contributed by atoms with Crippen molar-refractivity contribution in [1.82, 2.24) is 9.80 Å². The number of nitrogens with zero attached hydrogens (tertiary/aromatic N) is 2. The fraction of sp³-hybridized carbons (Fsp3) is 0.429. The SMILES string of the molecule is C=CCN1C(=O)c2ccc(C(=O)OCC(=O)N3C[C@H](C)C[C@@H](C)C3)cc2C1=O. The standard InChI is InChI=1S/C21H24N2O5/c1-4-7-23-19(25)16-6-5-15(9-17(16)20(23)26)21(27)28-12-18(24)22-10-13(2)8-14(3)11-22/h4-6,9,13-14H,1,7-8,10-12H2,2-3H3/t13-,14-/m1/s1. The Balaban J connectivity index is 1.65. The summed E-state index contributed by atoms with van der Waals surface area (Å²) in [6.07, 6.45) is 2.54. The maximum Gasteiger partial charge on any atom is 0.338 e. The maximum atomic E-state index is 12.4. The van der Waals surface area contributed by atoms with Crippen LogP contribution in [-0.2, 0) is 9.53 Å². The van der Waals surface area contributed by atoms with Crippen LogP contribution in [0.3, 0.4) is 0 Å². The molecule has 7 nitrogen and oxygen atoms in total. The van der Waals surface area contributed by atoms with E-state index in [1.807, 2.05) is 0 Å². The third-order valence-electron chi connectivity index (χ3n) is 5.07. The van der Waals surface area contributed by atoms with Gasteiger partial charge >= 0.3 is 5.97 Å². The number of carbonyl (C=O) groups excluding carboxylic acids is 4. The van der Waals surface area contributed by atoms with Crippen LogP contribution in [0.15, 0.2) is 30.9 Å². The number of hydrogen-bond acceptors (Lipinski definition) is 5. The van der Waals surface area contributed by atoms with Gasteiger partial charge in [0.2, 0.25) is 0 Å². The van der Waals surface area contributed by atoms with E-state index in [4.69, 9.17) is 4.74 Å². The van der Waals surface area contributed by atoms with Crippen molar-refractivity contribution in [3.8, 4) is 0 Å². The molecule has 0 unspecified atom stereocenters. The maximum absolute atomic E-state index is 12.4. The van der Waals surface area contributed by atoms with Gasteiger partial charge in [-0.15, -0.1) is 6.58 Å². The number of likely N-dealkylation sites (tertiary alicyclic amines) is 1. The highest BCUT2D eigenvalue weighted by atomic mass is 16.5. The summed E-state index contributed by atoms with van der Waals surface area (Å²) in [6, 6.07) is 4.21. The van der Waals surface area contributed by atoms with E-state index >= 15 is 0 Å². The van der Waals surface area contributed by atoms with E-state index in [-0.39, 0.29) is 35.7 Å². The lowest BCUT2D eigenvalue weighted by Gasteiger charge is -2.34. The molecule has 2 atom stereocenters. The predicted molar refractivity (Wildman–Crippen MR) is 102 cm³/mol. The monoisotopic (exact) mass is 384 g/mol. The third kappa shape index (κ3) is 3.83. The molecule has 2 aliphatic rings. The Morgan fingerprint density at radius 1 is 1.14 bits per heavy atom. The number of carbonyl (C=O) groups is 4. The predicted octanol–water partition coefficient (Wildman–Crippen LogP) is 2.13. The van der Waals surface area contributed by atoms with Gasteiger partial charge in [-0.05, 0) is 36.5 Å². The number of piperidine rings is 1. The van der Waals surface area contributed by atoms with Gasteiger partial charge in [0.15, 0.2) is 6.61 Å². The van der Waals surface area contributed by atoms with Crippen LogP contribution < -0.4 is 0 Å². The van der Waals surface area contributed by atoms with Gasteiger partial charge in [0.25, 0.3) is 17.7 Å². The van der Waals surface area contributed by atoms with E-state index in [0.717, 1.165) is 11.3 Å². The Labute approximate surface area is 163 Å². The van der Waals surface area contributed by atoms with Crippen LogP contribution in [0.1, 0.15) is 51.3 Å². The van der Waals surface area contributed by atoms with Crippen LogP contribution in [0, 0.1) is 11.8 Å². The molecule has 0 N–H and O–H groups in total. The van der Waals surface area contributed by atoms with E-state index in [9.17, 15) is 19.2 Å². The van der Waals surface area contributed by atoms with Gasteiger partial charge in [-0.25, -0.2) is 4.79 Å². The van der Waals surface area contributed by atoms with Gasteiger partial charge in [0.1, 0.15) is 0 Å². The smallest absolute Gasteiger partial charge is 0.338 e. The third-order valence-corrected chi connectivity index (χ3v) is 5.07. The summed E-state index contributed by atoms with van der Waals surface area (Å²) in [4.78, 5) is 52.0. The molecule has 0 aromatic heterocycles. The Hall–Kier alpha value is -2.96. The number of amides is 3. The molecule has 0 radical (unpaired) electrons. The van der Waals surface area contributed by atoms with Crippen LogP contribution in [0.25, 0.3) is 0 Å². The molecule has 7 heteroatoms. The molecule has 148 valence electrons. The van der Waals surface area contributed by atoms with Crippen LogP contribution in [0.4, 0.5) is 0 Å². The van der Waals surface area contributed by atoms with Gasteiger partial charge < -0.3 is 9.64 Å². The van der Waals surface area contributed by atoms with Gasteiger partial charge in [0.05, 0.1) is 16.7 Å². The molecule has 0 spiro atoms. The average Bonchev–Trinajstić information content (AvgIpc) is 2.90. The van der Waals surface area contributed by atoms with E-state index < -0.39 is 17.8 Å². The summed E-state index contributed by atoms with van der Waals surface area (Å²) in [6.45, 7) is 8.82. The van der Waals surface area contributed by atoms with Crippen LogP contribution >= 0.6 is 0 Å². The number of benzene rings is 1. The Kier molecular flexibility index (Phi) is 5.63. The van der Waals surface area contributed by atoms with Crippen molar-refractivity contribution in [3.63, 3.8) is 0 Å². The van der Waals surface area contributed by atoms with Crippen molar-refractivity contribution in [2.24, 2.45) is 11.8 Å². The average molecular weight is 384 g/mol. The zero-order chi connectivity index (χ0) is 20.4. The molecule has 0 saturated carbocycles. The van der Waals surface area contributed by atoms with Crippen molar-refractivity contribution in [3.05, 3.63) is 47.5 Å². The first kappa shape index (κ1) is 19.8. The number of rotatable bonds is 5. The molecular formula is C21H24N2O5. The van der Waals surface area contributed by atoms with Crippen molar-refractivity contribution < 1.29 is 23.9 Å². The zero-order valence-electron chi connectivity index (χ0n) is 16.1. The second kappa shape index (κ2) is 7.96. The fourth-order valence-electron chi connectivity index (χ4n) is 3.88. The molecule has 1 fully saturated rings. The highest BCUT2D eigenvalue weighted by Gasteiger charge is 2.35. The lowest BCUT2D eigenvalue weighted by atomic mass is 9.92. The summed E-state index contributed by atoms with van der Waals surface area (Å²) >= 11 is 0. The second-order valence-corrected chi connectivity index (χ2v) is 7.59. The van der Waals surface area contributed by atoms with Crippen LogP contribution in [-0.4, -0.2) is 59.7 Å². The molecule has 1 aromatic rings. The quantitative estimate of drug-likeness (QED) is 0.441. The molecule has 3 rings (SSSR count). The summed E-state index contributed by atoms with van der Waals surface area (Å²) in [5.74, 6) is -0.970. The first-order valence-electron chi connectivity index (χ1n) is 9.37. The molecule has 1 aromatic carbocycles. The summed E-state index contributed by atoms with van der Waals surface area (Å²) in [7, 11) is 0. The zero-order valence-corrected chi connectivity index (χ0v) is 16.1. The highest BCUT2D eigenvalue weighted by Crippen LogP contribution is 2.24. The second-order valence-electron chi connectivity index (χ2n) is 7.59. The van der Waals surface area contributed by atoms with E-state index in [1.165, 1.54) is 24.3 Å². The minimum absolute atomic E-state index is 0.104. The number of fused-ring (bicyclic) bond motifs is 1. The van der Waals surface area contributed by atoms with Crippen molar-refractivity contribution in [2.75, 3.05) is 26.2 Å². The first-order valence-corrected chi connectivity index (χ1v) is 9.37. The minimum atomic E-state index is -0.698. The largest absolute Gasteiger partial charge is 0.452 e. The molecule has 0 bridgehead atoms. The summed E-state index contributed by atoms with van der Waals surface area (Å²) < 4.78 is 5.15. The summed E-state index contributed by atoms with van der Waals surface area (Å²) in [5, 5.41) is 0. The van der Waals surface area contributed by atoms with E-state index in [2.05, 4.69) is 20.4 Å². The lowest BCUT2D eigenvalue weighted by Crippen LogP contribution is -2.44. The number of ether oxygens (including phenoxy) is 1. The molecule has 3 amide bonds. The fourth-order valence-corrected chi connectivity index (χ4v) is 3.88. The molecule has 0 aliphatic carbocycles. The normalized spacial score (nSPS) is 21.5. The van der Waals surface area contributed by atoms with Gasteiger partial charge in [-0.1, -0.05) is 19.9 Å². The van der Waals surface area contributed by atoms with Crippen LogP contribution in [0.2, 0.25) is 0 Å². The van der Waals surface area contributed by atoms with Gasteiger partial charge in [-0.2, -0.15) is 0 Å². The summed E-state index contributed by atoms with van der Waals surface area (Å²) in [5.41, 5.74) is 0.538. The molecule has 2 aliphatic heterocycles. The highest BCUT2D eigenvalue weighted by molar-refractivity contribution is 6.22. The van der Waals surface area contributed by atoms with Crippen molar-refractivity contribution in [2.45, 2.75) is 20.3 Å². The van der Waals surface area contributed by atoms with Crippen molar-refractivity contribution >= 4 is 23.7 Å². The Morgan fingerprint density at radius 3 is 2.43 bits per heavy atom. The topological polar surface area (TPSA) is 84.0 Å². The minimum Gasteiger partial charge on any atom is -0.452 e. The molecule has 2 heterocycles. The van der Waals surface area contributed by atoms with E-state index in [1.54, 1.807) is 4.90 Å². The number of hydrogen-bond donors (Lipinski definition) is 0. The number of esters is 1. The molecular weight excluding hydrogens is 360 g/mol. The molecule has 1 saturated heterocycles. The van der Waals surface area contributed by atoms with Crippen LogP contribution in [0.5, 0.6) is 0 Å². The Bertz CT molecular complexity index is 837. The van der Waals surface area contributed by atoms with Gasteiger partial charge in [0, 0.05) is 19.6 Å². The van der Waals surface area contributed by atoms with Gasteiger partial charge in [-0.3, -0.25) is 19.3 Å². The van der Waals surface area contributed by atoms with Crippen molar-refractivity contribution in [1.29, 1.82) is 0 Å².